The average Bonchev–Trinajstić information content (AvgIpc) is 2.67. The minimum Gasteiger partial charge on any atom is -0.393 e. The van der Waals surface area contributed by atoms with Crippen LogP contribution in [0.3, 0.4) is 0 Å². The van der Waals surface area contributed by atoms with Crippen molar-refractivity contribution in [3.8, 4) is 0 Å². The molecule has 21 heavy (non-hydrogen) atoms. The predicted octanol–water partition coefficient (Wildman–Crippen LogP) is 6.30. The summed E-state index contributed by atoms with van der Waals surface area (Å²) in [5.41, 5.74) is 0.355. The Bertz CT molecular complexity index is 257. The van der Waals surface area contributed by atoms with Crippen molar-refractivity contribution in [2.75, 3.05) is 0 Å². The van der Waals surface area contributed by atoms with Crippen LogP contribution in [0.15, 0.2) is 0 Å². The van der Waals surface area contributed by atoms with Crippen LogP contribution in [-0.4, -0.2) is 11.2 Å². The molecule has 128 valence electrons. The summed E-state index contributed by atoms with van der Waals surface area (Å²) in [6.07, 6.45) is 7.73. The van der Waals surface area contributed by atoms with Gasteiger partial charge in [-0.3, -0.25) is 0 Å². The highest BCUT2D eigenvalue weighted by Gasteiger charge is 2.47. The van der Waals surface area contributed by atoms with Crippen molar-refractivity contribution in [1.29, 1.82) is 0 Å². The molecule has 0 aromatic rings. The molecule has 0 radical (unpaired) electrons. The Morgan fingerprint density at radius 3 is 1.95 bits per heavy atom. The molecule has 1 aliphatic rings. The highest BCUT2D eigenvalue weighted by atomic mass is 16.3. The summed E-state index contributed by atoms with van der Waals surface area (Å²) in [7, 11) is 0. The molecule has 1 rings (SSSR count). The van der Waals surface area contributed by atoms with Crippen molar-refractivity contribution in [3.63, 3.8) is 0 Å². The molecule has 0 aliphatic heterocycles. The van der Waals surface area contributed by atoms with Gasteiger partial charge in [-0.25, -0.2) is 0 Å². The molecule has 0 saturated heterocycles. The highest BCUT2D eigenvalue weighted by Crippen LogP contribution is 2.51. The fraction of sp³-hybridized carbons (Fsp3) is 1.00. The lowest BCUT2D eigenvalue weighted by molar-refractivity contribution is 0.0283. The Labute approximate surface area is 134 Å². The van der Waals surface area contributed by atoms with E-state index < -0.39 is 0 Å². The lowest BCUT2D eigenvalue weighted by Crippen LogP contribution is -2.35. The van der Waals surface area contributed by atoms with E-state index in [2.05, 4.69) is 55.4 Å². The van der Waals surface area contributed by atoms with E-state index in [4.69, 9.17) is 0 Å². The van der Waals surface area contributed by atoms with E-state index >= 15 is 0 Å². The SMILES string of the molecule is CC(C)C1C(O)CCC1(C)C(C)C.CCCCCC(C)C. The topological polar surface area (TPSA) is 20.2 Å². The van der Waals surface area contributed by atoms with Gasteiger partial charge in [-0.1, -0.05) is 81.1 Å². The van der Waals surface area contributed by atoms with Crippen molar-refractivity contribution in [1.82, 2.24) is 0 Å². The van der Waals surface area contributed by atoms with Crippen LogP contribution in [0, 0.1) is 29.1 Å². The van der Waals surface area contributed by atoms with E-state index in [1.54, 1.807) is 0 Å². The Kier molecular flexibility index (Phi) is 9.85. The number of hydrogen-bond acceptors (Lipinski definition) is 1. The molecule has 1 nitrogen and oxygen atoms in total. The van der Waals surface area contributed by atoms with Gasteiger partial charge >= 0.3 is 0 Å². The predicted molar refractivity (Wildman–Crippen MR) is 95.5 cm³/mol. The summed E-state index contributed by atoms with van der Waals surface area (Å²) >= 11 is 0. The van der Waals surface area contributed by atoms with Crippen LogP contribution in [0.2, 0.25) is 0 Å². The van der Waals surface area contributed by atoms with Gasteiger partial charge in [0, 0.05) is 0 Å². The average molecular weight is 299 g/mol. The van der Waals surface area contributed by atoms with Gasteiger partial charge in [0.1, 0.15) is 0 Å². The molecule has 3 unspecified atom stereocenters. The van der Waals surface area contributed by atoms with Crippen LogP contribution in [0.5, 0.6) is 0 Å². The van der Waals surface area contributed by atoms with Crippen molar-refractivity contribution in [2.45, 2.75) is 100 Å². The molecule has 1 fully saturated rings. The Balaban J connectivity index is 0.000000433. The van der Waals surface area contributed by atoms with Gasteiger partial charge in [0.05, 0.1) is 6.10 Å². The van der Waals surface area contributed by atoms with Gasteiger partial charge in [-0.15, -0.1) is 0 Å². The fourth-order valence-corrected chi connectivity index (χ4v) is 3.93. The normalized spacial score (nSPS) is 29.1. The molecule has 1 aliphatic carbocycles. The molecule has 0 heterocycles. The smallest absolute Gasteiger partial charge is 0.0576 e. The van der Waals surface area contributed by atoms with Crippen LogP contribution in [0.1, 0.15) is 93.9 Å². The zero-order valence-corrected chi connectivity index (χ0v) is 16.1. The van der Waals surface area contributed by atoms with Crippen molar-refractivity contribution in [3.05, 3.63) is 0 Å². The van der Waals surface area contributed by atoms with Gasteiger partial charge in [-0.2, -0.15) is 0 Å². The van der Waals surface area contributed by atoms with Crippen LogP contribution in [0.25, 0.3) is 0 Å². The van der Waals surface area contributed by atoms with E-state index in [1.807, 2.05) is 0 Å². The van der Waals surface area contributed by atoms with Crippen LogP contribution in [-0.2, 0) is 0 Å². The number of hydrogen-bond donors (Lipinski definition) is 1. The quantitative estimate of drug-likeness (QED) is 0.571. The summed E-state index contributed by atoms with van der Waals surface area (Å²) in [5.74, 6) is 2.68. The van der Waals surface area contributed by atoms with Crippen LogP contribution < -0.4 is 0 Å². The lowest BCUT2D eigenvalue weighted by Gasteiger charge is -2.39. The van der Waals surface area contributed by atoms with Gasteiger partial charge in [0.2, 0.25) is 0 Å². The van der Waals surface area contributed by atoms with Gasteiger partial charge in [0.15, 0.2) is 0 Å². The second kappa shape index (κ2) is 9.87. The Morgan fingerprint density at radius 2 is 1.62 bits per heavy atom. The van der Waals surface area contributed by atoms with Crippen LogP contribution >= 0.6 is 0 Å². The summed E-state index contributed by atoms with van der Waals surface area (Å²) in [5, 5.41) is 9.94. The van der Waals surface area contributed by atoms with Gasteiger partial charge in [-0.05, 0) is 41.9 Å². The molecule has 1 heteroatoms. The molecule has 0 bridgehead atoms. The second-order valence-electron chi connectivity index (χ2n) is 8.43. The zero-order valence-electron chi connectivity index (χ0n) is 16.1. The maximum absolute atomic E-state index is 9.94. The second-order valence-corrected chi connectivity index (χ2v) is 8.43. The number of aliphatic hydroxyl groups is 1. The molecular formula is C20H42O. The number of aliphatic hydroxyl groups excluding tert-OH is 1. The molecule has 3 atom stereocenters. The Hall–Kier alpha value is -0.0400. The molecule has 1 N–H and O–H groups in total. The third-order valence-corrected chi connectivity index (χ3v) is 5.58. The Morgan fingerprint density at radius 1 is 1.05 bits per heavy atom. The largest absolute Gasteiger partial charge is 0.393 e. The summed E-state index contributed by atoms with van der Waals surface area (Å²) in [6.45, 7) is 18.2. The highest BCUT2D eigenvalue weighted by molar-refractivity contribution is 4.96. The van der Waals surface area contributed by atoms with Crippen LogP contribution in [0.4, 0.5) is 0 Å². The van der Waals surface area contributed by atoms with E-state index in [1.165, 1.54) is 32.1 Å². The minimum absolute atomic E-state index is 0.0626. The maximum atomic E-state index is 9.94. The molecule has 0 amide bonds. The zero-order chi connectivity index (χ0) is 16.6. The first kappa shape index (κ1) is 21.0. The van der Waals surface area contributed by atoms with Gasteiger partial charge < -0.3 is 5.11 Å². The van der Waals surface area contributed by atoms with Crippen molar-refractivity contribution < 1.29 is 5.11 Å². The summed E-state index contributed by atoms with van der Waals surface area (Å²) < 4.78 is 0. The third kappa shape index (κ3) is 6.72. The van der Waals surface area contributed by atoms with E-state index in [9.17, 15) is 5.11 Å². The van der Waals surface area contributed by atoms with Crippen molar-refractivity contribution in [2.24, 2.45) is 29.1 Å². The third-order valence-electron chi connectivity index (χ3n) is 5.58. The summed E-state index contributed by atoms with van der Waals surface area (Å²) in [6, 6.07) is 0. The molecule has 0 aromatic carbocycles. The van der Waals surface area contributed by atoms with Crippen molar-refractivity contribution >= 4 is 0 Å². The molecule has 1 saturated carbocycles. The fourth-order valence-electron chi connectivity index (χ4n) is 3.93. The van der Waals surface area contributed by atoms with E-state index in [-0.39, 0.29) is 6.10 Å². The monoisotopic (exact) mass is 298 g/mol. The number of rotatable bonds is 6. The first-order chi connectivity index (χ1) is 9.66. The lowest BCUT2D eigenvalue weighted by atomic mass is 9.67. The standard InChI is InChI=1S/C12H24O.C8H18/c1-8(2)11-10(13)6-7-12(11,5)9(3)4;1-4-5-6-7-8(2)3/h8-11,13H,6-7H2,1-5H3;8H,4-7H2,1-3H3. The summed E-state index contributed by atoms with van der Waals surface area (Å²) in [4.78, 5) is 0. The minimum atomic E-state index is -0.0626. The van der Waals surface area contributed by atoms with Gasteiger partial charge in [0.25, 0.3) is 0 Å². The molecule has 0 spiro atoms. The first-order valence-corrected chi connectivity index (χ1v) is 9.34. The van der Waals surface area contributed by atoms with E-state index in [0.29, 0.717) is 23.2 Å². The van der Waals surface area contributed by atoms with E-state index in [0.717, 1.165) is 12.3 Å². The first-order valence-electron chi connectivity index (χ1n) is 9.34. The maximum Gasteiger partial charge on any atom is 0.0576 e. The molecular weight excluding hydrogens is 256 g/mol. The molecule has 0 aromatic heterocycles. The number of unbranched alkanes of at least 4 members (excludes halogenated alkanes) is 2.